The zero-order valence-corrected chi connectivity index (χ0v) is 15.7. The standard InChI is InChI=1S/C20H22N6O2/c1-2-21-18-8-9-19(23-22-18)25-10-12-26(13-11-25)20(27)16-14-17(28-24-16)15-6-4-3-5-7-15/h3-9,14H,2,10-13H2,1H3,(H,21,22). The summed E-state index contributed by atoms with van der Waals surface area (Å²) in [6, 6.07) is 15.2. The Labute approximate surface area is 163 Å². The van der Waals surface area contributed by atoms with Gasteiger partial charge in [0.25, 0.3) is 5.91 Å². The number of nitrogens with one attached hydrogen (secondary N) is 1. The Hall–Kier alpha value is -3.42. The van der Waals surface area contributed by atoms with E-state index in [0.717, 1.165) is 23.7 Å². The lowest BCUT2D eigenvalue weighted by Gasteiger charge is -2.34. The van der Waals surface area contributed by atoms with Gasteiger partial charge in [0.2, 0.25) is 0 Å². The minimum Gasteiger partial charge on any atom is -0.369 e. The third-order valence-corrected chi connectivity index (χ3v) is 4.69. The highest BCUT2D eigenvalue weighted by atomic mass is 16.5. The van der Waals surface area contributed by atoms with Gasteiger partial charge in [-0.2, -0.15) is 0 Å². The number of hydrogen-bond acceptors (Lipinski definition) is 7. The molecule has 0 bridgehead atoms. The molecular weight excluding hydrogens is 356 g/mol. The minimum atomic E-state index is -0.112. The molecule has 1 aliphatic rings. The Morgan fingerprint density at radius 3 is 2.54 bits per heavy atom. The maximum atomic E-state index is 12.8. The van der Waals surface area contributed by atoms with Gasteiger partial charge in [-0.05, 0) is 19.1 Å². The summed E-state index contributed by atoms with van der Waals surface area (Å²) in [5.74, 6) is 2.07. The van der Waals surface area contributed by atoms with Crippen LogP contribution in [0.15, 0.2) is 53.1 Å². The zero-order chi connectivity index (χ0) is 19.3. The van der Waals surface area contributed by atoms with Crippen molar-refractivity contribution in [2.24, 2.45) is 0 Å². The van der Waals surface area contributed by atoms with Crippen molar-refractivity contribution in [2.45, 2.75) is 6.92 Å². The SMILES string of the molecule is CCNc1ccc(N2CCN(C(=O)c3cc(-c4ccccc4)on3)CC2)nn1. The molecule has 1 fully saturated rings. The van der Waals surface area contributed by atoms with Crippen LogP contribution in [0.25, 0.3) is 11.3 Å². The number of amides is 1. The topological polar surface area (TPSA) is 87.4 Å². The average Bonchev–Trinajstić information content (AvgIpc) is 3.25. The van der Waals surface area contributed by atoms with Gasteiger partial charge in [-0.3, -0.25) is 4.79 Å². The third-order valence-electron chi connectivity index (χ3n) is 4.69. The van der Waals surface area contributed by atoms with Gasteiger partial charge in [-0.1, -0.05) is 35.5 Å². The second-order valence-corrected chi connectivity index (χ2v) is 6.53. The highest BCUT2D eigenvalue weighted by Crippen LogP contribution is 2.21. The van der Waals surface area contributed by atoms with E-state index in [1.807, 2.05) is 49.4 Å². The molecule has 1 aliphatic heterocycles. The van der Waals surface area contributed by atoms with Gasteiger partial charge >= 0.3 is 0 Å². The highest BCUT2D eigenvalue weighted by molar-refractivity contribution is 5.93. The smallest absolute Gasteiger partial charge is 0.276 e. The predicted octanol–water partition coefficient (Wildman–Crippen LogP) is 2.53. The van der Waals surface area contributed by atoms with Crippen LogP contribution in [-0.2, 0) is 0 Å². The number of hydrogen-bond donors (Lipinski definition) is 1. The van der Waals surface area contributed by atoms with E-state index in [1.54, 1.807) is 11.0 Å². The molecule has 8 heteroatoms. The summed E-state index contributed by atoms with van der Waals surface area (Å²) in [6.07, 6.45) is 0. The number of rotatable bonds is 5. The molecule has 0 unspecified atom stereocenters. The van der Waals surface area contributed by atoms with Crippen LogP contribution >= 0.6 is 0 Å². The summed E-state index contributed by atoms with van der Waals surface area (Å²) >= 11 is 0. The fourth-order valence-corrected chi connectivity index (χ4v) is 3.18. The number of carbonyl (C=O) groups excluding carboxylic acids is 1. The van der Waals surface area contributed by atoms with Crippen molar-refractivity contribution >= 4 is 17.5 Å². The monoisotopic (exact) mass is 378 g/mol. The number of nitrogens with zero attached hydrogens (tertiary/aromatic N) is 5. The van der Waals surface area contributed by atoms with Crippen LogP contribution in [0.5, 0.6) is 0 Å². The van der Waals surface area contributed by atoms with E-state index in [-0.39, 0.29) is 5.91 Å². The molecule has 3 aromatic rings. The van der Waals surface area contributed by atoms with Crippen molar-refractivity contribution in [1.29, 1.82) is 0 Å². The third kappa shape index (κ3) is 3.80. The Morgan fingerprint density at radius 2 is 1.86 bits per heavy atom. The van der Waals surface area contributed by atoms with Crippen LogP contribution in [0, 0.1) is 0 Å². The molecule has 3 heterocycles. The fraction of sp³-hybridized carbons (Fsp3) is 0.300. The number of aromatic nitrogens is 3. The van der Waals surface area contributed by atoms with E-state index >= 15 is 0 Å². The molecule has 0 atom stereocenters. The molecule has 4 rings (SSSR count). The van der Waals surface area contributed by atoms with E-state index in [9.17, 15) is 4.79 Å². The van der Waals surface area contributed by atoms with Crippen molar-refractivity contribution in [3.8, 4) is 11.3 Å². The molecule has 8 nitrogen and oxygen atoms in total. The van der Waals surface area contributed by atoms with Gasteiger partial charge in [0.15, 0.2) is 17.3 Å². The Kier molecular flexibility index (Phi) is 5.18. The maximum absolute atomic E-state index is 12.8. The number of benzene rings is 1. The van der Waals surface area contributed by atoms with Crippen molar-refractivity contribution in [3.63, 3.8) is 0 Å². The van der Waals surface area contributed by atoms with Crippen LogP contribution in [0.4, 0.5) is 11.6 Å². The van der Waals surface area contributed by atoms with E-state index in [0.29, 0.717) is 37.6 Å². The van der Waals surface area contributed by atoms with E-state index in [1.165, 1.54) is 0 Å². The molecule has 0 radical (unpaired) electrons. The van der Waals surface area contributed by atoms with Crippen LogP contribution in [0.3, 0.4) is 0 Å². The molecule has 28 heavy (non-hydrogen) atoms. The van der Waals surface area contributed by atoms with E-state index in [4.69, 9.17) is 4.52 Å². The van der Waals surface area contributed by atoms with Crippen molar-refractivity contribution < 1.29 is 9.32 Å². The molecule has 144 valence electrons. The Balaban J connectivity index is 1.37. The maximum Gasteiger partial charge on any atom is 0.276 e. The van der Waals surface area contributed by atoms with Crippen LogP contribution < -0.4 is 10.2 Å². The number of anilines is 2. The van der Waals surface area contributed by atoms with Crippen LogP contribution in [-0.4, -0.2) is 58.9 Å². The van der Waals surface area contributed by atoms with Gasteiger partial charge in [0, 0.05) is 44.4 Å². The fourth-order valence-electron chi connectivity index (χ4n) is 3.18. The molecule has 1 saturated heterocycles. The number of piperazine rings is 1. The second kappa shape index (κ2) is 8.08. The van der Waals surface area contributed by atoms with Crippen molar-refractivity contribution in [3.05, 3.63) is 54.2 Å². The first-order chi connectivity index (χ1) is 13.7. The number of carbonyl (C=O) groups is 1. The Bertz CT molecular complexity index is 917. The van der Waals surface area contributed by atoms with Gasteiger partial charge < -0.3 is 19.6 Å². The molecular formula is C20H22N6O2. The van der Waals surface area contributed by atoms with Gasteiger partial charge in [-0.15, -0.1) is 10.2 Å². The van der Waals surface area contributed by atoms with E-state index in [2.05, 4.69) is 25.6 Å². The summed E-state index contributed by atoms with van der Waals surface area (Å²) < 4.78 is 5.35. The highest BCUT2D eigenvalue weighted by Gasteiger charge is 2.25. The largest absolute Gasteiger partial charge is 0.369 e. The first-order valence-corrected chi connectivity index (χ1v) is 9.38. The van der Waals surface area contributed by atoms with Gasteiger partial charge in [-0.25, -0.2) is 0 Å². The lowest BCUT2D eigenvalue weighted by molar-refractivity contribution is 0.0736. The summed E-state index contributed by atoms with van der Waals surface area (Å²) in [5.41, 5.74) is 1.24. The normalized spacial score (nSPS) is 14.2. The van der Waals surface area contributed by atoms with Crippen molar-refractivity contribution in [1.82, 2.24) is 20.3 Å². The minimum absolute atomic E-state index is 0.112. The van der Waals surface area contributed by atoms with Gasteiger partial charge in [0.1, 0.15) is 5.82 Å². The molecule has 0 saturated carbocycles. The molecule has 1 aromatic carbocycles. The van der Waals surface area contributed by atoms with Crippen LogP contribution in [0.1, 0.15) is 17.4 Å². The quantitative estimate of drug-likeness (QED) is 0.730. The Morgan fingerprint density at radius 1 is 1.07 bits per heavy atom. The molecule has 0 aliphatic carbocycles. The summed E-state index contributed by atoms with van der Waals surface area (Å²) in [4.78, 5) is 16.7. The lowest BCUT2D eigenvalue weighted by Crippen LogP contribution is -2.49. The molecule has 2 aromatic heterocycles. The predicted molar refractivity (Wildman–Crippen MR) is 106 cm³/mol. The molecule has 1 N–H and O–H groups in total. The van der Waals surface area contributed by atoms with Crippen LogP contribution in [0.2, 0.25) is 0 Å². The lowest BCUT2D eigenvalue weighted by atomic mass is 10.1. The molecule has 1 amide bonds. The summed E-state index contributed by atoms with van der Waals surface area (Å²) in [5, 5.41) is 15.5. The molecule has 0 spiro atoms. The summed E-state index contributed by atoms with van der Waals surface area (Å²) in [7, 11) is 0. The van der Waals surface area contributed by atoms with Gasteiger partial charge in [0.05, 0.1) is 0 Å². The van der Waals surface area contributed by atoms with Crippen molar-refractivity contribution in [2.75, 3.05) is 42.9 Å². The first kappa shape index (κ1) is 18.0. The zero-order valence-electron chi connectivity index (χ0n) is 15.7. The average molecular weight is 378 g/mol. The second-order valence-electron chi connectivity index (χ2n) is 6.53. The summed E-state index contributed by atoms with van der Waals surface area (Å²) in [6.45, 7) is 5.42. The first-order valence-electron chi connectivity index (χ1n) is 9.38. The van der Waals surface area contributed by atoms with E-state index < -0.39 is 0 Å².